The second-order valence-electron chi connectivity index (χ2n) is 8.44. The van der Waals surface area contributed by atoms with Gasteiger partial charge in [0, 0.05) is 35.3 Å². The molecule has 0 saturated carbocycles. The van der Waals surface area contributed by atoms with Gasteiger partial charge in [-0.3, -0.25) is 0 Å². The number of H-pyrrole nitrogens is 1. The summed E-state index contributed by atoms with van der Waals surface area (Å²) < 4.78 is 40.4. The first kappa shape index (κ1) is 20.1. The fourth-order valence-corrected chi connectivity index (χ4v) is 3.57. The summed E-state index contributed by atoms with van der Waals surface area (Å²) in [5.41, 5.74) is 5.39. The molecule has 0 fully saturated rings. The number of nitrogens with one attached hydrogen (secondary N) is 1. The zero-order valence-electron chi connectivity index (χ0n) is 17.4. The number of aromatic amines is 1. The molecule has 0 bridgehead atoms. The second kappa shape index (κ2) is 6.84. The Morgan fingerprint density at radius 2 is 1.66 bits per heavy atom. The summed E-state index contributed by atoms with van der Waals surface area (Å²) in [6.07, 6.45) is 2.73. The van der Waals surface area contributed by atoms with Crippen LogP contribution in [0.4, 0.5) is 13.2 Å². The number of hydrogen-bond donors (Lipinski definition) is 1. The molecule has 5 aromatic rings. The summed E-state index contributed by atoms with van der Waals surface area (Å²) in [5.74, 6) is -1.19. The van der Waals surface area contributed by atoms with Crippen molar-refractivity contribution in [3.05, 3.63) is 55.1 Å². The Hall–Kier alpha value is -3.82. The molecule has 0 radical (unpaired) electrons. The first-order chi connectivity index (χ1) is 15.1. The minimum absolute atomic E-state index is 0.136. The van der Waals surface area contributed by atoms with E-state index in [0.717, 1.165) is 34.6 Å². The van der Waals surface area contributed by atoms with Gasteiger partial charge in [0.05, 0.1) is 29.3 Å². The Morgan fingerprint density at radius 1 is 0.906 bits per heavy atom. The predicted molar refractivity (Wildman–Crippen MR) is 114 cm³/mol. The third kappa shape index (κ3) is 3.37. The highest BCUT2D eigenvalue weighted by atomic mass is 19.4. The van der Waals surface area contributed by atoms with Crippen LogP contribution in [-0.4, -0.2) is 34.5 Å². The average molecular weight is 437 g/mol. The Kier molecular flexibility index (Phi) is 4.30. The van der Waals surface area contributed by atoms with Crippen molar-refractivity contribution in [3.63, 3.8) is 0 Å². The topological polar surface area (TPSA) is 85.2 Å². The van der Waals surface area contributed by atoms with Crippen molar-refractivity contribution in [2.45, 2.75) is 32.5 Å². The molecule has 7 nitrogen and oxygen atoms in total. The highest BCUT2D eigenvalue weighted by molar-refractivity contribution is 5.94. The third-order valence-corrected chi connectivity index (χ3v) is 5.16. The lowest BCUT2D eigenvalue weighted by Gasteiger charge is -2.21. The van der Waals surface area contributed by atoms with Crippen molar-refractivity contribution in [1.29, 1.82) is 0 Å². The normalized spacial score (nSPS) is 12.7. The van der Waals surface area contributed by atoms with Gasteiger partial charge < -0.3 is 9.55 Å². The molecule has 0 amide bonds. The van der Waals surface area contributed by atoms with Gasteiger partial charge in [0.1, 0.15) is 5.52 Å². The minimum Gasteiger partial charge on any atom is -0.344 e. The van der Waals surface area contributed by atoms with E-state index in [0.29, 0.717) is 22.4 Å². The molecule has 5 rings (SSSR count). The number of benzene rings is 1. The molecule has 0 aliphatic heterocycles. The van der Waals surface area contributed by atoms with Crippen LogP contribution in [0.25, 0.3) is 44.6 Å². The summed E-state index contributed by atoms with van der Waals surface area (Å²) in [4.78, 5) is 23.4. The fraction of sp³-hybridized carbons (Fsp3) is 0.227. The van der Waals surface area contributed by atoms with Gasteiger partial charge in [-0.15, -0.1) is 0 Å². The standard InChI is InChI=1S/C22H18F3N7/c1-21(2,3)32-11-30-15-5-4-12(6-17(15)32)14-9-26-19-18(14)31-16(10-27-19)13-7-28-20(29-8-13)22(23,24)25/h4-11H,1-3H3,(H,26,27). The van der Waals surface area contributed by atoms with Crippen molar-refractivity contribution in [1.82, 2.24) is 34.5 Å². The number of fused-ring (bicyclic) bond motifs is 2. The number of nitrogens with zero attached hydrogens (tertiary/aromatic N) is 6. The van der Waals surface area contributed by atoms with E-state index in [1.807, 2.05) is 30.7 Å². The quantitative estimate of drug-likeness (QED) is 0.410. The van der Waals surface area contributed by atoms with Gasteiger partial charge in [-0.2, -0.15) is 13.2 Å². The van der Waals surface area contributed by atoms with E-state index in [9.17, 15) is 13.2 Å². The van der Waals surface area contributed by atoms with Crippen LogP contribution in [0.2, 0.25) is 0 Å². The highest BCUT2D eigenvalue weighted by Gasteiger charge is 2.34. The molecule has 0 unspecified atom stereocenters. The highest BCUT2D eigenvalue weighted by Crippen LogP contribution is 2.32. The molecular formula is C22H18F3N7. The second-order valence-corrected chi connectivity index (χ2v) is 8.44. The van der Waals surface area contributed by atoms with E-state index in [1.165, 1.54) is 6.20 Å². The molecule has 0 atom stereocenters. The zero-order valence-corrected chi connectivity index (χ0v) is 17.4. The molecule has 0 saturated heterocycles. The van der Waals surface area contributed by atoms with E-state index in [2.05, 4.69) is 55.2 Å². The van der Waals surface area contributed by atoms with Crippen molar-refractivity contribution < 1.29 is 13.2 Å². The molecule has 4 heterocycles. The first-order valence-electron chi connectivity index (χ1n) is 9.83. The Labute approximate surface area is 180 Å². The Bertz CT molecular complexity index is 1440. The molecule has 0 spiro atoms. The Morgan fingerprint density at radius 3 is 2.34 bits per heavy atom. The van der Waals surface area contributed by atoms with Gasteiger partial charge in [-0.25, -0.2) is 24.9 Å². The number of imidazole rings is 1. The van der Waals surface area contributed by atoms with Gasteiger partial charge >= 0.3 is 6.18 Å². The van der Waals surface area contributed by atoms with Crippen molar-refractivity contribution in [2.24, 2.45) is 0 Å². The molecule has 10 heteroatoms. The molecule has 32 heavy (non-hydrogen) atoms. The smallest absolute Gasteiger partial charge is 0.344 e. The number of hydrogen-bond acceptors (Lipinski definition) is 5. The minimum atomic E-state index is -4.60. The maximum Gasteiger partial charge on any atom is 0.451 e. The first-order valence-corrected chi connectivity index (χ1v) is 9.83. The number of halogens is 3. The molecule has 0 aliphatic rings. The summed E-state index contributed by atoms with van der Waals surface area (Å²) in [5, 5.41) is 0. The Balaban J connectivity index is 1.60. The number of aromatic nitrogens is 7. The van der Waals surface area contributed by atoms with Crippen molar-refractivity contribution >= 4 is 22.2 Å². The summed E-state index contributed by atoms with van der Waals surface area (Å²) in [6.45, 7) is 6.32. The maximum atomic E-state index is 12.8. The van der Waals surface area contributed by atoms with E-state index in [-0.39, 0.29) is 5.54 Å². The molecule has 1 aromatic carbocycles. The zero-order chi connectivity index (χ0) is 22.7. The fourth-order valence-electron chi connectivity index (χ4n) is 3.57. The van der Waals surface area contributed by atoms with Crippen LogP contribution >= 0.6 is 0 Å². The summed E-state index contributed by atoms with van der Waals surface area (Å²) in [7, 11) is 0. The lowest BCUT2D eigenvalue weighted by molar-refractivity contribution is -0.144. The largest absolute Gasteiger partial charge is 0.451 e. The van der Waals surface area contributed by atoms with Gasteiger partial charge in [-0.1, -0.05) is 6.07 Å². The molecule has 1 N–H and O–H groups in total. The van der Waals surface area contributed by atoms with Crippen LogP contribution in [0.15, 0.2) is 49.3 Å². The summed E-state index contributed by atoms with van der Waals surface area (Å²) in [6, 6.07) is 5.96. The molecule has 162 valence electrons. The maximum absolute atomic E-state index is 12.8. The van der Waals surface area contributed by atoms with Gasteiger partial charge in [-0.05, 0) is 38.5 Å². The van der Waals surface area contributed by atoms with Crippen LogP contribution in [0.1, 0.15) is 26.6 Å². The monoisotopic (exact) mass is 437 g/mol. The average Bonchev–Trinajstić information content (AvgIpc) is 3.36. The van der Waals surface area contributed by atoms with Crippen LogP contribution in [-0.2, 0) is 11.7 Å². The lowest BCUT2D eigenvalue weighted by Crippen LogP contribution is -2.20. The number of alkyl halides is 3. The van der Waals surface area contributed by atoms with Crippen LogP contribution in [0.3, 0.4) is 0 Å². The van der Waals surface area contributed by atoms with Crippen molar-refractivity contribution in [2.75, 3.05) is 0 Å². The van der Waals surface area contributed by atoms with E-state index < -0.39 is 12.0 Å². The SMILES string of the molecule is CC(C)(C)n1cnc2ccc(-c3c[nH]c4ncc(-c5cnc(C(F)(F)F)nc5)nc34)cc21. The van der Waals surface area contributed by atoms with Crippen LogP contribution < -0.4 is 0 Å². The van der Waals surface area contributed by atoms with Gasteiger partial charge in [0.2, 0.25) is 5.82 Å². The molecule has 0 aliphatic carbocycles. The third-order valence-electron chi connectivity index (χ3n) is 5.16. The van der Waals surface area contributed by atoms with E-state index in [4.69, 9.17) is 0 Å². The van der Waals surface area contributed by atoms with Gasteiger partial charge in [0.25, 0.3) is 0 Å². The van der Waals surface area contributed by atoms with Crippen LogP contribution in [0.5, 0.6) is 0 Å². The molecule has 4 aromatic heterocycles. The van der Waals surface area contributed by atoms with E-state index >= 15 is 0 Å². The lowest BCUT2D eigenvalue weighted by atomic mass is 10.1. The van der Waals surface area contributed by atoms with Crippen LogP contribution in [0, 0.1) is 0 Å². The number of rotatable bonds is 2. The molecular weight excluding hydrogens is 419 g/mol. The van der Waals surface area contributed by atoms with Gasteiger partial charge in [0.15, 0.2) is 5.65 Å². The van der Waals surface area contributed by atoms with Crippen molar-refractivity contribution in [3.8, 4) is 22.4 Å². The van der Waals surface area contributed by atoms with E-state index in [1.54, 1.807) is 0 Å². The predicted octanol–water partition coefficient (Wildman–Crippen LogP) is 5.21. The summed E-state index contributed by atoms with van der Waals surface area (Å²) >= 11 is 0.